The average Bonchev–Trinajstić information content (AvgIpc) is 3.30. The quantitative estimate of drug-likeness (QED) is 0.260. The summed E-state index contributed by atoms with van der Waals surface area (Å²) < 4.78 is 47.6. The molecule has 2 aliphatic rings. The normalized spacial score (nSPS) is 24.5. The van der Waals surface area contributed by atoms with Gasteiger partial charge in [-0.25, -0.2) is 16.8 Å². The summed E-state index contributed by atoms with van der Waals surface area (Å²) in [6.45, 7) is 4.99. The maximum Gasteiger partial charge on any atom is 2.00 e. The summed E-state index contributed by atoms with van der Waals surface area (Å²) in [6, 6.07) is 19.7. The number of nitrogens with zero attached hydrogens (tertiary/aromatic N) is 2. The smallest absolute Gasteiger partial charge is 0.411 e. The fourth-order valence-electron chi connectivity index (χ4n) is 4.90. The Labute approximate surface area is 285 Å². The van der Waals surface area contributed by atoms with Crippen molar-refractivity contribution in [1.29, 1.82) is 0 Å². The van der Waals surface area contributed by atoms with E-state index >= 15 is 0 Å². The molecule has 13 heteroatoms. The predicted octanol–water partition coefficient (Wildman–Crippen LogP) is 3.41. The van der Waals surface area contributed by atoms with Crippen molar-refractivity contribution in [2.45, 2.75) is 50.9 Å². The molecule has 0 aliphatic carbocycles. The van der Waals surface area contributed by atoms with Crippen LogP contribution < -0.4 is 0 Å². The molecule has 208 valence electrons. The van der Waals surface area contributed by atoms with Crippen LogP contribution in [0.5, 0.6) is 0 Å². The Morgan fingerprint density at radius 1 is 0.718 bits per heavy atom. The molecule has 2 saturated heterocycles. The van der Waals surface area contributed by atoms with Crippen molar-refractivity contribution in [2.24, 2.45) is 0 Å². The second-order valence-electron chi connectivity index (χ2n) is 10.4. The molecule has 0 bridgehead atoms. The molecular weight excluding hydrogens is 637 g/mol. The summed E-state index contributed by atoms with van der Waals surface area (Å²) in [5.41, 5.74) is 1.21. The molecule has 4 rings (SSSR count). The van der Waals surface area contributed by atoms with Gasteiger partial charge in [0.25, 0.3) is 0 Å². The fraction of sp³-hybridized carbons (Fsp3) is 0.462. The third kappa shape index (κ3) is 9.95. The van der Waals surface area contributed by atoms with E-state index in [9.17, 15) is 16.8 Å². The van der Waals surface area contributed by atoms with Crippen LogP contribution in [0, 0.1) is 0 Å². The van der Waals surface area contributed by atoms with Crippen molar-refractivity contribution in [3.05, 3.63) is 71.8 Å². The van der Waals surface area contributed by atoms with Gasteiger partial charge in [0, 0.05) is 13.1 Å². The van der Waals surface area contributed by atoms with Crippen LogP contribution in [0.25, 0.3) is 0 Å². The zero-order valence-corrected chi connectivity index (χ0v) is 29.2. The van der Waals surface area contributed by atoms with E-state index in [0.717, 1.165) is 11.1 Å². The van der Waals surface area contributed by atoms with E-state index in [1.807, 2.05) is 84.3 Å². The molecule has 2 unspecified atom stereocenters. The SMILES string of the molecule is CC1(N(Cc2ccccc2)C(=S)[S-])CCS(=O)(=O)C1.CC1(N(Cc2ccccc2)C(=S)[S-])CCS(=O)(=O)C1.[Ca+2]. The fourth-order valence-corrected chi connectivity index (χ4v) is 10.3. The van der Waals surface area contributed by atoms with Crippen LogP contribution >= 0.6 is 24.4 Å². The molecule has 0 spiro atoms. The van der Waals surface area contributed by atoms with E-state index in [4.69, 9.17) is 49.7 Å². The first kappa shape index (κ1) is 35.0. The maximum absolute atomic E-state index is 11.7. The molecule has 39 heavy (non-hydrogen) atoms. The van der Waals surface area contributed by atoms with Gasteiger partial charge in [-0.1, -0.05) is 69.3 Å². The van der Waals surface area contributed by atoms with Gasteiger partial charge in [0.15, 0.2) is 19.7 Å². The Bertz CT molecular complexity index is 1250. The summed E-state index contributed by atoms with van der Waals surface area (Å²) in [5.74, 6) is 0.687. The Morgan fingerprint density at radius 3 is 1.26 bits per heavy atom. The third-order valence-electron chi connectivity index (χ3n) is 7.08. The summed E-state index contributed by atoms with van der Waals surface area (Å²) in [5, 5.41) is 0. The maximum atomic E-state index is 11.7. The molecule has 2 atom stereocenters. The predicted molar refractivity (Wildman–Crippen MR) is 173 cm³/mol. The first-order valence-corrected chi connectivity index (χ1v) is 17.4. The minimum atomic E-state index is -2.97. The number of thiocarbonyl (C=S) groups is 2. The molecule has 0 radical (unpaired) electrons. The Hall–Kier alpha value is -0.180. The van der Waals surface area contributed by atoms with E-state index in [2.05, 4.69) is 0 Å². The van der Waals surface area contributed by atoms with Crippen molar-refractivity contribution in [2.75, 3.05) is 23.0 Å². The van der Waals surface area contributed by atoms with Gasteiger partial charge in [-0.15, -0.1) is 0 Å². The van der Waals surface area contributed by atoms with Crippen molar-refractivity contribution in [3.8, 4) is 0 Å². The van der Waals surface area contributed by atoms with Crippen LogP contribution in [0.15, 0.2) is 60.7 Å². The number of hydrogen-bond donors (Lipinski definition) is 0. The molecule has 6 nitrogen and oxygen atoms in total. The standard InChI is InChI=1S/2C13H17NO2S3.Ca/c2*1-13(7-8-19(15,16)10-13)14(12(17)18)9-11-5-3-2-4-6-11;/h2*2-6H,7-10H2,1H3,(H,17,18);/q;;+2/p-2. The van der Waals surface area contributed by atoms with Crippen LogP contribution in [0.4, 0.5) is 0 Å². The van der Waals surface area contributed by atoms with Gasteiger partial charge in [-0.05, 0) is 37.8 Å². The van der Waals surface area contributed by atoms with Crippen molar-refractivity contribution < 1.29 is 16.8 Å². The van der Waals surface area contributed by atoms with Gasteiger partial charge in [-0.3, -0.25) is 0 Å². The monoisotopic (exact) mass is 668 g/mol. The molecule has 0 saturated carbocycles. The van der Waals surface area contributed by atoms with Crippen LogP contribution in [-0.2, 0) is 58.0 Å². The first-order chi connectivity index (χ1) is 17.6. The van der Waals surface area contributed by atoms with E-state index < -0.39 is 30.8 Å². The Balaban J connectivity index is 0.000000267. The van der Waals surface area contributed by atoms with Gasteiger partial charge in [-0.2, -0.15) is 0 Å². The van der Waals surface area contributed by atoms with E-state index in [1.165, 1.54) is 0 Å². The molecule has 0 N–H and O–H groups in total. The summed E-state index contributed by atoms with van der Waals surface area (Å²) in [4.78, 5) is 3.75. The van der Waals surface area contributed by atoms with Crippen LogP contribution in [0.1, 0.15) is 37.8 Å². The minimum Gasteiger partial charge on any atom is -0.411 e. The first-order valence-electron chi connectivity index (χ1n) is 12.1. The summed E-state index contributed by atoms with van der Waals surface area (Å²) >= 11 is 20.6. The molecule has 2 aliphatic heterocycles. The number of sulfone groups is 2. The van der Waals surface area contributed by atoms with Crippen LogP contribution in [-0.4, -0.2) is 107 Å². The largest absolute Gasteiger partial charge is 2.00 e. The molecule has 2 aromatic carbocycles. The molecule has 2 fully saturated rings. The van der Waals surface area contributed by atoms with Crippen molar-refractivity contribution in [1.82, 2.24) is 9.80 Å². The van der Waals surface area contributed by atoms with E-state index in [0.29, 0.717) is 34.6 Å². The molecule has 2 heterocycles. The number of hydrogen-bond acceptors (Lipinski definition) is 8. The molecular formula is C26H32CaN2O4S6. The van der Waals surface area contributed by atoms with Crippen LogP contribution in [0.2, 0.25) is 0 Å². The second kappa shape index (κ2) is 14.3. The summed E-state index contributed by atoms with van der Waals surface area (Å²) in [7, 11) is -5.94. The Morgan fingerprint density at radius 2 is 1.03 bits per heavy atom. The second-order valence-corrected chi connectivity index (χ2v) is 16.8. The Kier molecular flexibility index (Phi) is 12.9. The number of rotatable bonds is 6. The topological polar surface area (TPSA) is 74.8 Å². The molecule has 0 amide bonds. The van der Waals surface area contributed by atoms with E-state index in [-0.39, 0.29) is 60.7 Å². The van der Waals surface area contributed by atoms with Crippen molar-refractivity contribution in [3.63, 3.8) is 0 Å². The summed E-state index contributed by atoms with van der Waals surface area (Å²) in [6.07, 6.45) is 1.16. The third-order valence-corrected chi connectivity index (χ3v) is 11.7. The molecule has 0 aromatic heterocycles. The zero-order chi connectivity index (χ0) is 28.2. The minimum absolute atomic E-state index is 0. The number of benzene rings is 2. The van der Waals surface area contributed by atoms with E-state index in [1.54, 1.807) is 0 Å². The van der Waals surface area contributed by atoms with Crippen LogP contribution in [0.3, 0.4) is 0 Å². The van der Waals surface area contributed by atoms with Gasteiger partial charge in [0.2, 0.25) is 0 Å². The average molecular weight is 669 g/mol. The molecule has 2 aromatic rings. The van der Waals surface area contributed by atoms with Gasteiger partial charge < -0.3 is 59.5 Å². The van der Waals surface area contributed by atoms with Gasteiger partial charge in [0.05, 0.1) is 34.1 Å². The van der Waals surface area contributed by atoms with Gasteiger partial charge >= 0.3 is 37.7 Å². The van der Waals surface area contributed by atoms with Gasteiger partial charge in [0.1, 0.15) is 0 Å². The zero-order valence-electron chi connectivity index (χ0n) is 22.1. The van der Waals surface area contributed by atoms with Crippen molar-refractivity contribution >= 4 is 116 Å².